The smallest absolute Gasteiger partial charge is 0.225 e. The van der Waals surface area contributed by atoms with E-state index in [1.54, 1.807) is 0 Å². The Labute approximate surface area is 91.8 Å². The normalized spacial score (nSPS) is 27.7. The molecule has 0 bridgehead atoms. The van der Waals surface area contributed by atoms with E-state index in [9.17, 15) is 4.79 Å². The van der Waals surface area contributed by atoms with Crippen molar-refractivity contribution in [1.29, 1.82) is 0 Å². The molecule has 0 aromatic rings. The lowest BCUT2D eigenvalue weighted by Crippen LogP contribution is -2.38. The Morgan fingerprint density at radius 3 is 2.80 bits per heavy atom. The maximum absolute atomic E-state index is 11.8. The van der Waals surface area contributed by atoms with Gasteiger partial charge in [-0.3, -0.25) is 4.79 Å². The molecule has 1 heterocycles. The molecular formula is C11H22N2O2. The van der Waals surface area contributed by atoms with Crippen molar-refractivity contribution in [3.05, 3.63) is 0 Å². The van der Waals surface area contributed by atoms with Crippen LogP contribution in [0.3, 0.4) is 0 Å². The van der Waals surface area contributed by atoms with Crippen molar-refractivity contribution in [3.63, 3.8) is 0 Å². The summed E-state index contributed by atoms with van der Waals surface area (Å²) >= 11 is 0. The fraction of sp³-hybridized carbons (Fsp3) is 0.909. The monoisotopic (exact) mass is 214 g/mol. The quantitative estimate of drug-likeness (QED) is 0.696. The number of ether oxygens (including phenoxy) is 1. The Hall–Kier alpha value is -0.610. The van der Waals surface area contributed by atoms with Crippen LogP contribution in [0.15, 0.2) is 0 Å². The van der Waals surface area contributed by atoms with Gasteiger partial charge in [-0.1, -0.05) is 6.92 Å². The van der Waals surface area contributed by atoms with Crippen molar-refractivity contribution < 1.29 is 9.53 Å². The van der Waals surface area contributed by atoms with E-state index < -0.39 is 0 Å². The first-order chi connectivity index (χ1) is 7.15. The minimum Gasteiger partial charge on any atom is -0.378 e. The molecular weight excluding hydrogens is 192 g/mol. The number of hydrogen-bond donors (Lipinski definition) is 2. The fourth-order valence-electron chi connectivity index (χ4n) is 1.90. The van der Waals surface area contributed by atoms with Gasteiger partial charge in [-0.15, -0.1) is 0 Å². The summed E-state index contributed by atoms with van der Waals surface area (Å²) < 4.78 is 5.37. The molecule has 2 N–H and O–H groups in total. The van der Waals surface area contributed by atoms with Crippen LogP contribution in [0.5, 0.6) is 0 Å². The zero-order chi connectivity index (χ0) is 11.3. The van der Waals surface area contributed by atoms with Crippen molar-refractivity contribution in [3.8, 4) is 0 Å². The van der Waals surface area contributed by atoms with E-state index >= 15 is 0 Å². The molecule has 1 aliphatic rings. The summed E-state index contributed by atoms with van der Waals surface area (Å²) in [6.07, 6.45) is 0.928. The van der Waals surface area contributed by atoms with E-state index in [-0.39, 0.29) is 17.9 Å². The predicted molar refractivity (Wildman–Crippen MR) is 59.6 cm³/mol. The molecule has 1 saturated heterocycles. The predicted octanol–water partition coefficient (Wildman–Crippen LogP) is 0.383. The Kier molecular flexibility index (Phi) is 5.05. The van der Waals surface area contributed by atoms with Crippen molar-refractivity contribution in [2.45, 2.75) is 26.4 Å². The molecule has 1 fully saturated rings. The first kappa shape index (κ1) is 12.5. The maximum atomic E-state index is 11.8. The van der Waals surface area contributed by atoms with Crippen LogP contribution in [0.4, 0.5) is 0 Å². The van der Waals surface area contributed by atoms with E-state index in [1.807, 2.05) is 14.0 Å². The molecule has 0 saturated carbocycles. The molecule has 4 heteroatoms. The summed E-state index contributed by atoms with van der Waals surface area (Å²) in [7, 11) is 1.92. The topological polar surface area (TPSA) is 50.4 Å². The summed E-state index contributed by atoms with van der Waals surface area (Å²) in [6.45, 7) is 6.46. The highest BCUT2D eigenvalue weighted by molar-refractivity contribution is 5.79. The van der Waals surface area contributed by atoms with Crippen molar-refractivity contribution >= 4 is 5.91 Å². The number of hydrogen-bond acceptors (Lipinski definition) is 3. The highest BCUT2D eigenvalue weighted by Crippen LogP contribution is 2.20. The molecule has 88 valence electrons. The molecule has 3 unspecified atom stereocenters. The zero-order valence-corrected chi connectivity index (χ0v) is 9.88. The average molecular weight is 214 g/mol. The third-order valence-corrected chi connectivity index (χ3v) is 2.89. The van der Waals surface area contributed by atoms with Crippen LogP contribution < -0.4 is 10.6 Å². The Morgan fingerprint density at radius 2 is 2.27 bits per heavy atom. The number of rotatable bonds is 5. The van der Waals surface area contributed by atoms with E-state index in [4.69, 9.17) is 4.74 Å². The van der Waals surface area contributed by atoms with Crippen LogP contribution in [-0.2, 0) is 9.53 Å². The second-order valence-electron chi connectivity index (χ2n) is 4.38. The molecule has 15 heavy (non-hydrogen) atoms. The molecule has 1 aliphatic heterocycles. The highest BCUT2D eigenvalue weighted by Gasteiger charge is 2.30. The van der Waals surface area contributed by atoms with Crippen LogP contribution >= 0.6 is 0 Å². The Bertz CT molecular complexity index is 209. The van der Waals surface area contributed by atoms with Gasteiger partial charge in [-0.2, -0.15) is 0 Å². The lowest BCUT2D eigenvalue weighted by atomic mass is 10.0. The molecule has 1 rings (SSSR count). The number of amides is 1. The van der Waals surface area contributed by atoms with Gasteiger partial charge in [0.1, 0.15) is 0 Å². The van der Waals surface area contributed by atoms with Crippen molar-refractivity contribution in [2.75, 3.05) is 26.7 Å². The van der Waals surface area contributed by atoms with Gasteiger partial charge in [0, 0.05) is 13.2 Å². The van der Waals surface area contributed by atoms with Crippen LogP contribution in [0, 0.1) is 11.8 Å². The van der Waals surface area contributed by atoms with Gasteiger partial charge in [0.25, 0.3) is 0 Å². The van der Waals surface area contributed by atoms with Crippen molar-refractivity contribution in [1.82, 2.24) is 10.6 Å². The Balaban J connectivity index is 2.23. The second-order valence-corrected chi connectivity index (χ2v) is 4.38. The summed E-state index contributed by atoms with van der Waals surface area (Å²) in [6, 6.07) is 0. The first-order valence-electron chi connectivity index (χ1n) is 5.69. The van der Waals surface area contributed by atoms with Gasteiger partial charge >= 0.3 is 0 Å². The minimum absolute atomic E-state index is 0.0479. The van der Waals surface area contributed by atoms with E-state index in [0.717, 1.165) is 19.5 Å². The molecule has 4 nitrogen and oxygen atoms in total. The lowest BCUT2D eigenvalue weighted by molar-refractivity contribution is -0.126. The van der Waals surface area contributed by atoms with Gasteiger partial charge in [-0.05, 0) is 32.9 Å². The molecule has 0 aromatic heterocycles. The number of carbonyl (C=O) groups excluding carboxylic acids is 1. The van der Waals surface area contributed by atoms with Crippen LogP contribution in [0.2, 0.25) is 0 Å². The van der Waals surface area contributed by atoms with Crippen LogP contribution in [-0.4, -0.2) is 38.8 Å². The molecule has 3 atom stereocenters. The third kappa shape index (κ3) is 3.80. The van der Waals surface area contributed by atoms with Gasteiger partial charge in [0.2, 0.25) is 5.91 Å². The SMILES string of the molecule is CNCC(C)CNC(=O)C1CCOC1C. The van der Waals surface area contributed by atoms with Crippen LogP contribution in [0.25, 0.3) is 0 Å². The second kappa shape index (κ2) is 6.08. The average Bonchev–Trinajstić information content (AvgIpc) is 2.61. The molecule has 0 radical (unpaired) electrons. The zero-order valence-electron chi connectivity index (χ0n) is 9.88. The lowest BCUT2D eigenvalue weighted by Gasteiger charge is -2.16. The van der Waals surface area contributed by atoms with Gasteiger partial charge in [0.15, 0.2) is 0 Å². The minimum atomic E-state index is 0.0479. The maximum Gasteiger partial charge on any atom is 0.225 e. The third-order valence-electron chi connectivity index (χ3n) is 2.89. The summed E-state index contributed by atoms with van der Waals surface area (Å²) in [4.78, 5) is 11.8. The first-order valence-corrected chi connectivity index (χ1v) is 5.69. The van der Waals surface area contributed by atoms with Crippen molar-refractivity contribution in [2.24, 2.45) is 11.8 Å². The van der Waals surface area contributed by atoms with E-state index in [1.165, 1.54) is 0 Å². The van der Waals surface area contributed by atoms with Gasteiger partial charge in [-0.25, -0.2) is 0 Å². The highest BCUT2D eigenvalue weighted by atomic mass is 16.5. The van der Waals surface area contributed by atoms with E-state index in [0.29, 0.717) is 12.5 Å². The number of carbonyl (C=O) groups is 1. The van der Waals surface area contributed by atoms with Gasteiger partial charge < -0.3 is 15.4 Å². The number of nitrogens with one attached hydrogen (secondary N) is 2. The molecule has 0 aliphatic carbocycles. The molecule has 1 amide bonds. The fourth-order valence-corrected chi connectivity index (χ4v) is 1.90. The standard InChI is InChI=1S/C11H22N2O2/c1-8(6-12-3)7-13-11(14)10-4-5-15-9(10)2/h8-10,12H,4-7H2,1-3H3,(H,13,14). The largest absolute Gasteiger partial charge is 0.378 e. The van der Waals surface area contributed by atoms with E-state index in [2.05, 4.69) is 17.6 Å². The summed E-state index contributed by atoms with van der Waals surface area (Å²) in [5.41, 5.74) is 0. The summed E-state index contributed by atoms with van der Waals surface area (Å²) in [5.74, 6) is 0.659. The Morgan fingerprint density at radius 1 is 1.53 bits per heavy atom. The van der Waals surface area contributed by atoms with Crippen LogP contribution in [0.1, 0.15) is 20.3 Å². The molecule has 0 spiro atoms. The summed E-state index contributed by atoms with van der Waals surface area (Å²) in [5, 5.41) is 6.07. The van der Waals surface area contributed by atoms with Gasteiger partial charge in [0.05, 0.1) is 12.0 Å². The molecule has 0 aromatic carbocycles.